The Morgan fingerprint density at radius 2 is 1.90 bits per heavy atom. The first kappa shape index (κ1) is 21.2. The number of carbonyl (C=O) groups is 2. The van der Waals surface area contributed by atoms with Gasteiger partial charge in [0.05, 0.1) is 12.5 Å². The van der Waals surface area contributed by atoms with Gasteiger partial charge in [0.25, 0.3) is 0 Å². The number of aromatic nitrogens is 2. The molecule has 2 amide bonds. The van der Waals surface area contributed by atoms with E-state index in [9.17, 15) is 9.59 Å². The molecule has 9 heteroatoms. The Balaban J connectivity index is 1.34. The van der Waals surface area contributed by atoms with Crippen LogP contribution in [-0.2, 0) is 11.3 Å². The van der Waals surface area contributed by atoms with Gasteiger partial charge in [0.15, 0.2) is 0 Å². The molecule has 1 aliphatic heterocycles. The van der Waals surface area contributed by atoms with Crippen LogP contribution in [0.4, 0.5) is 5.69 Å². The van der Waals surface area contributed by atoms with Gasteiger partial charge in [0, 0.05) is 27.8 Å². The van der Waals surface area contributed by atoms with E-state index in [1.54, 1.807) is 24.3 Å². The number of nitrogens with zero attached hydrogens (tertiary/aromatic N) is 3. The fraction of sp³-hybridized carbons (Fsp3) is 0.273. The first-order chi connectivity index (χ1) is 15.0. The highest BCUT2D eigenvalue weighted by Crippen LogP contribution is 2.22. The Kier molecular flexibility index (Phi) is 6.43. The highest BCUT2D eigenvalue weighted by Gasteiger charge is 2.27. The maximum Gasteiger partial charge on any atom is 0.248 e. The second-order valence-electron chi connectivity index (χ2n) is 7.52. The number of anilines is 1. The third-order valence-corrected chi connectivity index (χ3v) is 5.77. The molecule has 1 saturated heterocycles. The van der Waals surface area contributed by atoms with Crippen molar-refractivity contribution in [2.75, 3.05) is 18.4 Å². The van der Waals surface area contributed by atoms with Crippen molar-refractivity contribution in [2.24, 2.45) is 11.7 Å². The van der Waals surface area contributed by atoms with E-state index < -0.39 is 5.91 Å². The Bertz CT molecular complexity index is 1070. The molecule has 1 atom stereocenters. The van der Waals surface area contributed by atoms with Crippen molar-refractivity contribution in [1.82, 2.24) is 15.0 Å². The van der Waals surface area contributed by atoms with Crippen LogP contribution >= 0.6 is 15.9 Å². The van der Waals surface area contributed by atoms with Crippen LogP contribution in [0.3, 0.4) is 0 Å². The highest BCUT2D eigenvalue weighted by atomic mass is 79.9. The molecule has 0 bridgehead atoms. The first-order valence-corrected chi connectivity index (χ1v) is 10.8. The second-order valence-corrected chi connectivity index (χ2v) is 8.44. The zero-order valence-electron chi connectivity index (χ0n) is 16.8. The van der Waals surface area contributed by atoms with Crippen LogP contribution in [0.1, 0.15) is 29.1 Å². The Labute approximate surface area is 187 Å². The number of nitrogens with one attached hydrogen (secondary N) is 1. The predicted molar refractivity (Wildman–Crippen MR) is 119 cm³/mol. The smallest absolute Gasteiger partial charge is 0.248 e. The van der Waals surface area contributed by atoms with Crippen molar-refractivity contribution in [1.29, 1.82) is 0 Å². The van der Waals surface area contributed by atoms with Gasteiger partial charge in [-0.1, -0.05) is 21.1 Å². The summed E-state index contributed by atoms with van der Waals surface area (Å²) in [4.78, 5) is 30.5. The zero-order valence-corrected chi connectivity index (χ0v) is 18.3. The van der Waals surface area contributed by atoms with Crippen molar-refractivity contribution >= 4 is 33.4 Å². The molecule has 8 nitrogen and oxygen atoms in total. The number of nitrogens with two attached hydrogens (primary N) is 1. The van der Waals surface area contributed by atoms with Gasteiger partial charge in [-0.2, -0.15) is 4.98 Å². The molecule has 1 fully saturated rings. The number of hydrogen-bond acceptors (Lipinski definition) is 6. The summed E-state index contributed by atoms with van der Waals surface area (Å²) in [5.41, 5.74) is 7.18. The number of primary amides is 1. The normalized spacial score (nSPS) is 16.7. The van der Waals surface area contributed by atoms with Crippen LogP contribution in [-0.4, -0.2) is 39.9 Å². The Morgan fingerprint density at radius 1 is 1.16 bits per heavy atom. The van der Waals surface area contributed by atoms with E-state index in [1.165, 1.54) is 0 Å². The number of benzene rings is 2. The molecular formula is C22H22BrN5O3. The number of rotatable bonds is 6. The number of piperidine rings is 1. The van der Waals surface area contributed by atoms with Crippen molar-refractivity contribution in [3.05, 3.63) is 64.5 Å². The van der Waals surface area contributed by atoms with E-state index in [0.29, 0.717) is 36.1 Å². The van der Waals surface area contributed by atoms with E-state index >= 15 is 0 Å². The highest BCUT2D eigenvalue weighted by molar-refractivity contribution is 9.10. The van der Waals surface area contributed by atoms with Crippen LogP contribution in [0, 0.1) is 5.92 Å². The van der Waals surface area contributed by atoms with Gasteiger partial charge < -0.3 is 15.6 Å². The van der Waals surface area contributed by atoms with E-state index in [4.69, 9.17) is 10.3 Å². The van der Waals surface area contributed by atoms with Gasteiger partial charge in [0.2, 0.25) is 23.5 Å². The maximum absolute atomic E-state index is 12.7. The minimum atomic E-state index is -0.495. The van der Waals surface area contributed by atoms with Gasteiger partial charge in [-0.15, -0.1) is 0 Å². The van der Waals surface area contributed by atoms with Crippen LogP contribution in [0.25, 0.3) is 11.4 Å². The number of likely N-dealkylation sites (tertiary alicyclic amines) is 1. The van der Waals surface area contributed by atoms with Crippen LogP contribution < -0.4 is 11.1 Å². The monoisotopic (exact) mass is 483 g/mol. The molecule has 0 radical (unpaired) electrons. The minimum Gasteiger partial charge on any atom is -0.366 e. The molecular weight excluding hydrogens is 462 g/mol. The average Bonchev–Trinajstić information content (AvgIpc) is 3.23. The average molecular weight is 484 g/mol. The molecule has 1 unspecified atom stereocenters. The zero-order chi connectivity index (χ0) is 21.8. The van der Waals surface area contributed by atoms with Crippen molar-refractivity contribution in [3.63, 3.8) is 0 Å². The first-order valence-electron chi connectivity index (χ1n) is 9.99. The van der Waals surface area contributed by atoms with Crippen molar-refractivity contribution < 1.29 is 14.1 Å². The van der Waals surface area contributed by atoms with E-state index in [1.807, 2.05) is 24.3 Å². The van der Waals surface area contributed by atoms with Gasteiger partial charge in [-0.05, 0) is 67.9 Å². The molecule has 0 spiro atoms. The maximum atomic E-state index is 12.7. The van der Waals surface area contributed by atoms with Crippen LogP contribution in [0.2, 0.25) is 0 Å². The summed E-state index contributed by atoms with van der Waals surface area (Å²) in [6.45, 7) is 1.98. The molecule has 160 valence electrons. The van der Waals surface area contributed by atoms with Gasteiger partial charge in [-0.3, -0.25) is 14.5 Å². The lowest BCUT2D eigenvalue weighted by Gasteiger charge is -2.30. The lowest BCUT2D eigenvalue weighted by Crippen LogP contribution is -2.40. The summed E-state index contributed by atoms with van der Waals surface area (Å²) < 4.78 is 6.41. The fourth-order valence-corrected chi connectivity index (χ4v) is 3.87. The summed E-state index contributed by atoms with van der Waals surface area (Å²) in [6, 6.07) is 14.3. The standard InChI is InChI=1S/C22H22BrN5O3/c23-17-7-3-15(4-8-17)21-26-19(31-27-21)13-28-11-1-2-16(12-28)22(30)25-18-9-5-14(6-10-18)20(24)29/h3-10,16H,1-2,11-13H2,(H2,24,29)(H,25,30). The molecule has 3 N–H and O–H groups in total. The summed E-state index contributed by atoms with van der Waals surface area (Å²) in [7, 11) is 0. The largest absolute Gasteiger partial charge is 0.366 e. The molecule has 0 aliphatic carbocycles. The number of carbonyl (C=O) groups excluding carboxylic acids is 2. The molecule has 1 aromatic heterocycles. The molecule has 31 heavy (non-hydrogen) atoms. The number of halogens is 1. The lowest BCUT2D eigenvalue weighted by molar-refractivity contribution is -0.121. The summed E-state index contributed by atoms with van der Waals surface area (Å²) in [5.74, 6) is 0.399. The topological polar surface area (TPSA) is 114 Å². The quantitative estimate of drug-likeness (QED) is 0.554. The van der Waals surface area contributed by atoms with Crippen molar-refractivity contribution in [2.45, 2.75) is 19.4 Å². The Morgan fingerprint density at radius 3 is 2.61 bits per heavy atom. The predicted octanol–water partition coefficient (Wildman–Crippen LogP) is 3.45. The molecule has 1 aliphatic rings. The molecule has 2 heterocycles. The molecule has 0 saturated carbocycles. The summed E-state index contributed by atoms with van der Waals surface area (Å²) in [6.07, 6.45) is 1.72. The van der Waals surface area contributed by atoms with Gasteiger partial charge >= 0.3 is 0 Å². The third kappa shape index (κ3) is 5.36. The van der Waals surface area contributed by atoms with Gasteiger partial charge in [-0.25, -0.2) is 0 Å². The van der Waals surface area contributed by atoms with E-state index in [-0.39, 0.29) is 11.8 Å². The summed E-state index contributed by atoms with van der Waals surface area (Å²) >= 11 is 3.41. The Hall–Kier alpha value is -3.04. The van der Waals surface area contributed by atoms with E-state index in [2.05, 4.69) is 36.3 Å². The second kappa shape index (κ2) is 9.40. The molecule has 3 aromatic rings. The van der Waals surface area contributed by atoms with E-state index in [0.717, 1.165) is 29.4 Å². The number of amides is 2. The van der Waals surface area contributed by atoms with Gasteiger partial charge in [0.1, 0.15) is 0 Å². The molecule has 2 aromatic carbocycles. The fourth-order valence-electron chi connectivity index (χ4n) is 3.60. The lowest BCUT2D eigenvalue weighted by atomic mass is 9.97. The van der Waals surface area contributed by atoms with Crippen LogP contribution in [0.15, 0.2) is 57.5 Å². The summed E-state index contributed by atoms with van der Waals surface area (Å²) in [5, 5.41) is 6.99. The van der Waals surface area contributed by atoms with Crippen molar-refractivity contribution in [3.8, 4) is 11.4 Å². The van der Waals surface area contributed by atoms with Crippen LogP contribution in [0.5, 0.6) is 0 Å². The minimum absolute atomic E-state index is 0.0439. The molecule has 4 rings (SSSR count). The third-order valence-electron chi connectivity index (χ3n) is 5.24. The SMILES string of the molecule is NC(=O)c1ccc(NC(=O)C2CCCN(Cc3nc(-c4ccc(Br)cc4)no3)C2)cc1. The number of hydrogen-bond donors (Lipinski definition) is 2.